The van der Waals surface area contributed by atoms with E-state index in [1.807, 2.05) is 18.2 Å². The Kier molecular flexibility index (Phi) is 5.77. The van der Waals surface area contributed by atoms with Crippen molar-refractivity contribution in [2.24, 2.45) is 5.73 Å². The number of hydrogen-bond donors (Lipinski definition) is 1. The van der Waals surface area contributed by atoms with Crippen LogP contribution in [0.4, 0.5) is 5.69 Å². The van der Waals surface area contributed by atoms with Gasteiger partial charge in [0.25, 0.3) is 0 Å². The molecule has 0 saturated carbocycles. The van der Waals surface area contributed by atoms with Gasteiger partial charge in [-0.2, -0.15) is 0 Å². The first-order valence-electron chi connectivity index (χ1n) is 8.41. The van der Waals surface area contributed by atoms with E-state index in [1.165, 1.54) is 6.42 Å². The second-order valence-electron chi connectivity index (χ2n) is 5.96. The number of ether oxygens (including phenoxy) is 1. The van der Waals surface area contributed by atoms with E-state index in [0.717, 1.165) is 23.2 Å². The third kappa shape index (κ3) is 3.39. The van der Waals surface area contributed by atoms with Crippen LogP contribution in [-0.4, -0.2) is 30.6 Å². The fourth-order valence-electron chi connectivity index (χ4n) is 3.08. The topological polar surface area (TPSA) is 72.6 Å². The first kappa shape index (κ1) is 17.5. The Morgan fingerprint density at radius 3 is 2.61 bits per heavy atom. The number of nitrogens with zero attached hydrogens (tertiary/aromatic N) is 1. The fraction of sp³-hybridized carbons (Fsp3) is 0.556. The summed E-state index contributed by atoms with van der Waals surface area (Å²) in [6.45, 7) is 6.33. The van der Waals surface area contributed by atoms with Crippen LogP contribution in [0, 0.1) is 0 Å². The Morgan fingerprint density at radius 1 is 1.30 bits per heavy atom. The Hall–Kier alpha value is -1.88. The molecule has 3 rings (SSSR count). The van der Waals surface area contributed by atoms with Gasteiger partial charge in [-0.3, -0.25) is 9.69 Å². The largest absolute Gasteiger partial charge is 0.464 e. The summed E-state index contributed by atoms with van der Waals surface area (Å²) in [5.74, 6) is -0.524. The number of hydrogen-bond acceptors (Lipinski definition) is 4. The third-order valence-electron chi connectivity index (χ3n) is 4.01. The van der Waals surface area contributed by atoms with E-state index in [2.05, 4.69) is 13.8 Å². The molecule has 2 unspecified atom stereocenters. The molecule has 23 heavy (non-hydrogen) atoms. The highest BCUT2D eigenvalue weighted by Crippen LogP contribution is 2.38. The molecule has 126 valence electrons. The highest BCUT2D eigenvalue weighted by atomic mass is 16.5. The van der Waals surface area contributed by atoms with Gasteiger partial charge < -0.3 is 10.5 Å². The summed E-state index contributed by atoms with van der Waals surface area (Å²) in [6, 6.07) is 4.83. The minimum atomic E-state index is -0.567. The molecule has 2 N–H and O–H groups in total. The number of nitrogens with two attached hydrogens (primary N) is 1. The molecule has 0 aromatic heterocycles. The lowest BCUT2D eigenvalue weighted by molar-refractivity contribution is -0.145. The van der Waals surface area contributed by atoms with E-state index in [4.69, 9.17) is 10.5 Å². The van der Waals surface area contributed by atoms with Crippen molar-refractivity contribution in [3.63, 3.8) is 0 Å². The summed E-state index contributed by atoms with van der Waals surface area (Å²) in [5, 5.41) is 0. The van der Waals surface area contributed by atoms with Gasteiger partial charge in [-0.15, -0.1) is 0 Å². The van der Waals surface area contributed by atoms with Crippen molar-refractivity contribution in [1.82, 2.24) is 0 Å². The lowest BCUT2D eigenvalue weighted by Gasteiger charge is -2.25. The number of esters is 1. The molecule has 0 radical (unpaired) electrons. The van der Waals surface area contributed by atoms with Gasteiger partial charge >= 0.3 is 5.97 Å². The van der Waals surface area contributed by atoms with Crippen molar-refractivity contribution < 1.29 is 14.3 Å². The molecule has 2 atom stereocenters. The molecule has 2 aliphatic rings. The second-order valence-corrected chi connectivity index (χ2v) is 5.96. The summed E-state index contributed by atoms with van der Waals surface area (Å²) in [5.41, 5.74) is 8.94. The summed E-state index contributed by atoms with van der Waals surface area (Å²) >= 11 is 0. The van der Waals surface area contributed by atoms with E-state index >= 15 is 0 Å². The number of anilines is 1. The molecule has 0 fully saturated rings. The van der Waals surface area contributed by atoms with Crippen LogP contribution in [0.3, 0.4) is 0 Å². The molecule has 5 nitrogen and oxygen atoms in total. The average Bonchev–Trinajstić information content (AvgIpc) is 2.87. The molecular formula is C18H26N2O3. The van der Waals surface area contributed by atoms with Gasteiger partial charge in [0.1, 0.15) is 6.04 Å². The first-order valence-corrected chi connectivity index (χ1v) is 8.41. The van der Waals surface area contributed by atoms with Crippen molar-refractivity contribution in [2.45, 2.75) is 58.5 Å². The molecule has 2 heterocycles. The van der Waals surface area contributed by atoms with Gasteiger partial charge in [-0.25, -0.2) is 4.79 Å². The van der Waals surface area contributed by atoms with E-state index < -0.39 is 12.1 Å². The molecule has 0 saturated heterocycles. The van der Waals surface area contributed by atoms with Crippen LogP contribution in [0.15, 0.2) is 18.2 Å². The average molecular weight is 318 g/mol. The van der Waals surface area contributed by atoms with Crippen LogP contribution in [0.1, 0.15) is 44.7 Å². The highest BCUT2D eigenvalue weighted by Gasteiger charge is 2.43. The smallest absolute Gasteiger partial charge is 0.329 e. The minimum Gasteiger partial charge on any atom is -0.464 e. The maximum atomic E-state index is 12.5. The Bertz CT molecular complexity index is 586. The molecule has 1 aromatic rings. The van der Waals surface area contributed by atoms with Crippen molar-refractivity contribution in [1.29, 1.82) is 0 Å². The summed E-state index contributed by atoms with van der Waals surface area (Å²) < 4.78 is 5.10. The number of para-hydroxylation sites is 1. The van der Waals surface area contributed by atoms with Crippen LogP contribution < -0.4 is 10.6 Å². The molecule has 1 amide bonds. The van der Waals surface area contributed by atoms with Crippen LogP contribution in [-0.2, 0) is 27.2 Å². The molecule has 1 aromatic carbocycles. The fourth-order valence-corrected chi connectivity index (χ4v) is 3.08. The van der Waals surface area contributed by atoms with Crippen LogP contribution in [0.2, 0.25) is 0 Å². The highest BCUT2D eigenvalue weighted by molar-refractivity contribution is 6.05. The molecule has 0 aliphatic carbocycles. The Balaban J connectivity index is 0.000000595. The van der Waals surface area contributed by atoms with E-state index in [0.29, 0.717) is 19.4 Å². The monoisotopic (exact) mass is 318 g/mol. The van der Waals surface area contributed by atoms with Gasteiger partial charge in [0.15, 0.2) is 0 Å². The van der Waals surface area contributed by atoms with Crippen molar-refractivity contribution in [3.8, 4) is 0 Å². The quantitative estimate of drug-likeness (QED) is 0.849. The number of carbonyl (C=O) groups is 2. The number of benzene rings is 1. The summed E-state index contributed by atoms with van der Waals surface area (Å²) in [7, 11) is 0. The van der Waals surface area contributed by atoms with Crippen LogP contribution in [0.5, 0.6) is 0 Å². The Morgan fingerprint density at radius 2 is 1.96 bits per heavy atom. The third-order valence-corrected chi connectivity index (χ3v) is 4.01. The van der Waals surface area contributed by atoms with Crippen molar-refractivity contribution in [3.05, 3.63) is 29.3 Å². The predicted molar refractivity (Wildman–Crippen MR) is 90.3 cm³/mol. The van der Waals surface area contributed by atoms with E-state index in [1.54, 1.807) is 11.8 Å². The maximum absolute atomic E-state index is 12.5. The zero-order valence-electron chi connectivity index (χ0n) is 14.2. The van der Waals surface area contributed by atoms with Gasteiger partial charge in [0.05, 0.1) is 18.3 Å². The van der Waals surface area contributed by atoms with Crippen LogP contribution >= 0.6 is 0 Å². The molecule has 0 bridgehead atoms. The molecular weight excluding hydrogens is 292 g/mol. The van der Waals surface area contributed by atoms with E-state index in [-0.39, 0.29) is 11.9 Å². The Labute approximate surface area is 137 Å². The standard InChI is InChI=1S/C15H18N2O3.C3H8/c1-2-20-15(19)12-8-10-5-3-4-9-6-7-11(16)14(18)17(12)13(9)10;1-3-2/h3-5,11-12H,2,6-8,16H2,1H3;3H2,1-2H3. The summed E-state index contributed by atoms with van der Waals surface area (Å²) in [4.78, 5) is 26.2. The van der Waals surface area contributed by atoms with Gasteiger partial charge in [0, 0.05) is 6.42 Å². The number of aryl methyl sites for hydroxylation is 1. The van der Waals surface area contributed by atoms with Crippen LogP contribution in [0.25, 0.3) is 0 Å². The van der Waals surface area contributed by atoms with E-state index in [9.17, 15) is 9.59 Å². The zero-order valence-corrected chi connectivity index (χ0v) is 14.2. The zero-order chi connectivity index (χ0) is 17.0. The van der Waals surface area contributed by atoms with Crippen molar-refractivity contribution in [2.75, 3.05) is 11.5 Å². The SMILES string of the molecule is CCC.CCOC(=O)C1Cc2cccc3c2N1C(=O)C(N)CC3. The number of carbonyl (C=O) groups excluding carboxylic acids is 2. The number of amides is 1. The lowest BCUT2D eigenvalue weighted by atomic mass is 10.0. The normalized spacial score (nSPS) is 21.9. The second kappa shape index (κ2) is 7.59. The lowest BCUT2D eigenvalue weighted by Crippen LogP contribution is -2.50. The predicted octanol–water partition coefficient (Wildman–Crippen LogP) is 2.20. The van der Waals surface area contributed by atoms with Crippen molar-refractivity contribution >= 4 is 17.6 Å². The van der Waals surface area contributed by atoms with Gasteiger partial charge in [-0.05, 0) is 30.9 Å². The minimum absolute atomic E-state index is 0.174. The molecule has 5 heteroatoms. The maximum Gasteiger partial charge on any atom is 0.329 e. The molecule has 0 spiro atoms. The first-order chi connectivity index (χ1) is 11.0. The van der Waals surface area contributed by atoms with Gasteiger partial charge in [0.2, 0.25) is 5.91 Å². The van der Waals surface area contributed by atoms with Gasteiger partial charge in [-0.1, -0.05) is 38.5 Å². The number of rotatable bonds is 2. The summed E-state index contributed by atoms with van der Waals surface area (Å²) in [6.07, 6.45) is 3.14. The molecule has 2 aliphatic heterocycles.